The number of carbonyl (C=O) groups is 1. The van der Waals surface area contributed by atoms with Crippen LogP contribution < -0.4 is 11.1 Å². The number of halogens is 1. The van der Waals surface area contributed by atoms with Gasteiger partial charge in [0.1, 0.15) is 17.4 Å². The maximum Gasteiger partial charge on any atom is 0.226 e. The highest BCUT2D eigenvalue weighted by atomic mass is 19.1. The van der Waals surface area contributed by atoms with E-state index in [-0.39, 0.29) is 23.6 Å². The molecule has 0 aromatic heterocycles. The van der Waals surface area contributed by atoms with Gasteiger partial charge in [0.05, 0.1) is 5.69 Å². The Kier molecular flexibility index (Phi) is 3.82. The summed E-state index contributed by atoms with van der Waals surface area (Å²) in [5.41, 5.74) is 5.72. The summed E-state index contributed by atoms with van der Waals surface area (Å²) in [5, 5.41) is 11.5. The molecule has 100 valence electrons. The maximum absolute atomic E-state index is 13.4. The monoisotopic (exact) mass is 261 g/mol. The molecule has 4 nitrogen and oxygen atoms in total. The first-order valence-electron chi connectivity index (χ1n) is 6.31. The van der Waals surface area contributed by atoms with E-state index in [9.17, 15) is 9.18 Å². The van der Waals surface area contributed by atoms with Crippen molar-refractivity contribution in [1.29, 1.82) is 5.26 Å². The zero-order valence-electron chi connectivity index (χ0n) is 10.6. The first-order valence-corrected chi connectivity index (χ1v) is 6.31. The fourth-order valence-corrected chi connectivity index (χ4v) is 2.51. The van der Waals surface area contributed by atoms with Gasteiger partial charge < -0.3 is 11.1 Å². The minimum absolute atomic E-state index is 0.145. The topological polar surface area (TPSA) is 78.9 Å². The van der Waals surface area contributed by atoms with Gasteiger partial charge in [-0.05, 0) is 25.0 Å². The number of nitrogens with zero attached hydrogens (tertiary/aromatic N) is 1. The van der Waals surface area contributed by atoms with Crippen LogP contribution >= 0.6 is 0 Å². The summed E-state index contributed by atoms with van der Waals surface area (Å²) in [6.07, 6.45) is 3.93. The number of nitrogens with one attached hydrogen (secondary N) is 1. The molecule has 0 unspecified atom stereocenters. The molecule has 1 fully saturated rings. The van der Waals surface area contributed by atoms with E-state index in [1.165, 1.54) is 18.2 Å². The van der Waals surface area contributed by atoms with Crippen LogP contribution in [0.5, 0.6) is 0 Å². The Balaban J connectivity index is 2.07. The van der Waals surface area contributed by atoms with Crippen LogP contribution in [0.2, 0.25) is 0 Å². The minimum atomic E-state index is -0.636. The highest BCUT2D eigenvalue weighted by Crippen LogP contribution is 2.30. The summed E-state index contributed by atoms with van der Waals surface area (Å²) in [7, 11) is 0. The van der Waals surface area contributed by atoms with Gasteiger partial charge in [-0.15, -0.1) is 0 Å². The van der Waals surface area contributed by atoms with Crippen molar-refractivity contribution >= 4 is 11.6 Å². The zero-order chi connectivity index (χ0) is 13.9. The van der Waals surface area contributed by atoms with Crippen LogP contribution in [-0.4, -0.2) is 11.4 Å². The number of amides is 1. The van der Waals surface area contributed by atoms with Gasteiger partial charge in [0.25, 0.3) is 0 Å². The van der Waals surface area contributed by atoms with Crippen molar-refractivity contribution in [3.8, 4) is 6.07 Å². The predicted molar refractivity (Wildman–Crippen MR) is 69.7 cm³/mol. The normalized spacial score (nSPS) is 16.9. The second-order valence-electron chi connectivity index (χ2n) is 5.07. The van der Waals surface area contributed by atoms with Gasteiger partial charge in [-0.3, -0.25) is 4.79 Å². The average molecular weight is 261 g/mol. The fourth-order valence-electron chi connectivity index (χ4n) is 2.51. The van der Waals surface area contributed by atoms with Gasteiger partial charge in [-0.1, -0.05) is 18.9 Å². The molecule has 3 N–H and O–H groups in total. The maximum atomic E-state index is 13.4. The van der Waals surface area contributed by atoms with Crippen LogP contribution in [0.3, 0.4) is 0 Å². The highest BCUT2D eigenvalue weighted by Gasteiger charge is 2.31. The second kappa shape index (κ2) is 5.37. The largest absolute Gasteiger partial charge is 0.325 e. The second-order valence-corrected chi connectivity index (χ2v) is 5.07. The molecular formula is C14H16FN3O. The third-order valence-electron chi connectivity index (χ3n) is 3.51. The number of hydrogen-bond donors (Lipinski definition) is 2. The molecule has 1 amide bonds. The van der Waals surface area contributed by atoms with Crippen molar-refractivity contribution in [3.63, 3.8) is 0 Å². The number of rotatable bonds is 3. The van der Waals surface area contributed by atoms with Gasteiger partial charge in [0.15, 0.2) is 0 Å². The van der Waals surface area contributed by atoms with Crippen molar-refractivity contribution < 1.29 is 9.18 Å². The summed E-state index contributed by atoms with van der Waals surface area (Å²) in [4.78, 5) is 11.9. The number of anilines is 1. The lowest BCUT2D eigenvalue weighted by Gasteiger charge is -2.22. The molecule has 1 aromatic rings. The molecule has 1 aliphatic carbocycles. The molecule has 0 radical (unpaired) electrons. The van der Waals surface area contributed by atoms with Crippen molar-refractivity contribution in [1.82, 2.24) is 0 Å². The van der Waals surface area contributed by atoms with Gasteiger partial charge in [0, 0.05) is 12.0 Å². The third kappa shape index (κ3) is 3.09. The number of benzene rings is 1. The van der Waals surface area contributed by atoms with Crippen molar-refractivity contribution in [3.05, 3.63) is 29.6 Å². The Morgan fingerprint density at radius 1 is 1.47 bits per heavy atom. The van der Waals surface area contributed by atoms with Crippen molar-refractivity contribution in [2.24, 2.45) is 5.73 Å². The average Bonchev–Trinajstić information content (AvgIpc) is 2.75. The van der Waals surface area contributed by atoms with Crippen molar-refractivity contribution in [2.75, 3.05) is 5.32 Å². The molecule has 1 saturated carbocycles. The molecule has 1 aromatic carbocycles. The molecule has 1 aliphatic rings. The lowest BCUT2D eigenvalue weighted by molar-refractivity contribution is -0.117. The first kappa shape index (κ1) is 13.5. The van der Waals surface area contributed by atoms with Crippen LogP contribution in [0.25, 0.3) is 0 Å². The van der Waals surface area contributed by atoms with E-state index >= 15 is 0 Å². The molecule has 0 bridgehead atoms. The molecule has 0 spiro atoms. The van der Waals surface area contributed by atoms with E-state index in [1.54, 1.807) is 6.07 Å². The van der Waals surface area contributed by atoms with Crippen LogP contribution in [0.1, 0.15) is 37.7 Å². The van der Waals surface area contributed by atoms with Gasteiger partial charge in [0.2, 0.25) is 5.91 Å². The SMILES string of the molecule is N#Cc1c(F)cccc1NC(=O)CC1(N)CCCC1. The van der Waals surface area contributed by atoms with E-state index in [2.05, 4.69) is 5.32 Å². The van der Waals surface area contributed by atoms with E-state index in [1.807, 2.05) is 0 Å². The minimum Gasteiger partial charge on any atom is -0.325 e. The molecule has 0 atom stereocenters. The van der Waals surface area contributed by atoms with E-state index < -0.39 is 11.4 Å². The van der Waals surface area contributed by atoms with Crippen LogP contribution in [0.4, 0.5) is 10.1 Å². The first-order chi connectivity index (χ1) is 9.04. The smallest absolute Gasteiger partial charge is 0.226 e. The quantitative estimate of drug-likeness (QED) is 0.876. The fraction of sp³-hybridized carbons (Fsp3) is 0.429. The lowest BCUT2D eigenvalue weighted by atomic mass is 9.94. The Morgan fingerprint density at radius 2 is 2.16 bits per heavy atom. The van der Waals surface area contributed by atoms with Crippen LogP contribution in [0, 0.1) is 17.1 Å². The van der Waals surface area contributed by atoms with E-state index in [0.29, 0.717) is 0 Å². The third-order valence-corrected chi connectivity index (χ3v) is 3.51. The number of nitriles is 1. The Hall–Kier alpha value is -1.93. The summed E-state index contributed by atoms with van der Waals surface area (Å²) >= 11 is 0. The molecule has 0 saturated heterocycles. The summed E-state index contributed by atoms with van der Waals surface area (Å²) in [6, 6.07) is 5.91. The molecule has 2 rings (SSSR count). The lowest BCUT2D eigenvalue weighted by Crippen LogP contribution is -2.40. The van der Waals surface area contributed by atoms with Crippen molar-refractivity contribution in [2.45, 2.75) is 37.6 Å². The molecule has 19 heavy (non-hydrogen) atoms. The Morgan fingerprint density at radius 3 is 2.79 bits per heavy atom. The summed E-state index contributed by atoms with van der Waals surface area (Å²) < 4.78 is 13.4. The van der Waals surface area contributed by atoms with E-state index in [4.69, 9.17) is 11.0 Å². The standard InChI is InChI=1S/C14H16FN3O/c15-11-4-3-5-12(10(11)9-16)18-13(19)8-14(17)6-1-2-7-14/h3-5H,1-2,6-8,17H2,(H,18,19). The zero-order valence-corrected chi connectivity index (χ0v) is 10.6. The van der Waals surface area contributed by atoms with E-state index in [0.717, 1.165) is 25.7 Å². The highest BCUT2D eigenvalue weighted by molar-refractivity contribution is 5.92. The van der Waals surface area contributed by atoms with Crippen LogP contribution in [-0.2, 0) is 4.79 Å². The molecule has 0 aliphatic heterocycles. The van der Waals surface area contributed by atoms with Crippen LogP contribution in [0.15, 0.2) is 18.2 Å². The number of hydrogen-bond acceptors (Lipinski definition) is 3. The van der Waals surface area contributed by atoms with Gasteiger partial charge in [-0.2, -0.15) is 5.26 Å². The predicted octanol–water partition coefficient (Wildman–Crippen LogP) is 2.30. The summed E-state index contributed by atoms with van der Waals surface area (Å²) in [5.74, 6) is -0.907. The van der Waals surface area contributed by atoms with Gasteiger partial charge >= 0.3 is 0 Å². The number of nitrogens with two attached hydrogens (primary N) is 1. The summed E-state index contributed by atoms with van der Waals surface area (Å²) in [6.45, 7) is 0. The number of carbonyl (C=O) groups excluding carboxylic acids is 1. The molecular weight excluding hydrogens is 245 g/mol. The van der Waals surface area contributed by atoms with Gasteiger partial charge in [-0.25, -0.2) is 4.39 Å². The Labute approximate surface area is 111 Å². The Bertz CT molecular complexity index is 530. The molecule has 0 heterocycles. The molecule has 5 heteroatoms.